The van der Waals surface area contributed by atoms with Gasteiger partial charge < -0.3 is 14.8 Å². The fraction of sp³-hybridized carbons (Fsp3) is 0.310. The van der Waals surface area contributed by atoms with E-state index in [4.69, 9.17) is 9.47 Å². The van der Waals surface area contributed by atoms with Crippen molar-refractivity contribution in [3.8, 4) is 11.5 Å². The number of nitrogens with zero attached hydrogens (tertiary/aromatic N) is 4. The zero-order chi connectivity index (χ0) is 27.4. The molecule has 1 aliphatic rings. The number of methoxy groups -OCH3 is 2. The molecular weight excluding hydrogens is 501 g/mol. The Kier molecular flexibility index (Phi) is 7.72. The van der Waals surface area contributed by atoms with Crippen molar-refractivity contribution in [2.24, 2.45) is 0 Å². The molecule has 1 aliphatic carbocycles. The first-order valence-corrected chi connectivity index (χ1v) is 12.9. The first-order chi connectivity index (χ1) is 19.0. The monoisotopic (exact) mass is 531 g/mol. The number of aromatic nitrogens is 3. The number of carbonyl (C=O) groups excluding carboxylic acids is 2. The number of hydrogen-bond donors (Lipinski definition) is 1. The molecule has 0 aliphatic heterocycles. The van der Waals surface area contributed by atoms with Gasteiger partial charge in [0.1, 0.15) is 35.4 Å². The third kappa shape index (κ3) is 5.55. The van der Waals surface area contributed by atoms with Gasteiger partial charge in [0.15, 0.2) is 0 Å². The summed E-state index contributed by atoms with van der Waals surface area (Å²) in [6.45, 7) is -0.197. The Morgan fingerprint density at radius 3 is 2.51 bits per heavy atom. The first kappa shape index (κ1) is 26.1. The zero-order valence-corrected chi connectivity index (χ0v) is 21.8. The second-order valence-corrected chi connectivity index (χ2v) is 9.48. The third-order valence-electron chi connectivity index (χ3n) is 7.02. The number of amides is 2. The highest BCUT2D eigenvalue weighted by Crippen LogP contribution is 2.36. The number of rotatable bonds is 9. The Morgan fingerprint density at radius 1 is 1.05 bits per heavy atom. The van der Waals surface area contributed by atoms with E-state index in [9.17, 15) is 14.0 Å². The lowest BCUT2D eigenvalue weighted by Crippen LogP contribution is -2.47. The summed E-state index contributed by atoms with van der Waals surface area (Å²) in [7, 11) is 3.03. The topological polar surface area (TPSA) is 98.6 Å². The fourth-order valence-electron chi connectivity index (χ4n) is 5.08. The smallest absolute Gasteiger partial charge is 0.249 e. The van der Waals surface area contributed by atoms with Crippen LogP contribution in [0.2, 0.25) is 0 Å². The van der Waals surface area contributed by atoms with Crippen molar-refractivity contribution in [2.45, 2.75) is 44.3 Å². The highest BCUT2D eigenvalue weighted by Gasteiger charge is 2.37. The molecule has 1 atom stereocenters. The molecule has 202 valence electrons. The molecule has 0 radical (unpaired) electrons. The van der Waals surface area contributed by atoms with Gasteiger partial charge in [-0.25, -0.2) is 9.07 Å². The number of carbonyl (C=O) groups is 2. The van der Waals surface area contributed by atoms with Crippen molar-refractivity contribution in [1.82, 2.24) is 20.3 Å². The van der Waals surface area contributed by atoms with Crippen molar-refractivity contribution in [1.29, 1.82) is 0 Å². The predicted molar refractivity (Wildman–Crippen MR) is 144 cm³/mol. The highest BCUT2D eigenvalue weighted by atomic mass is 19.1. The molecule has 2 amide bonds. The number of fused-ring (bicyclic) bond motifs is 1. The maximum absolute atomic E-state index is 14.1. The van der Waals surface area contributed by atoms with Crippen LogP contribution in [0.25, 0.3) is 11.0 Å². The molecule has 1 heterocycles. The van der Waals surface area contributed by atoms with Crippen molar-refractivity contribution in [3.05, 3.63) is 78.1 Å². The van der Waals surface area contributed by atoms with Crippen molar-refractivity contribution in [3.63, 3.8) is 0 Å². The van der Waals surface area contributed by atoms with E-state index in [2.05, 4.69) is 15.6 Å². The van der Waals surface area contributed by atoms with Crippen LogP contribution >= 0.6 is 0 Å². The quantitative estimate of drug-likeness (QED) is 0.343. The number of hydrogen-bond acceptors (Lipinski definition) is 6. The molecule has 0 saturated heterocycles. The molecule has 3 aromatic carbocycles. The van der Waals surface area contributed by atoms with Gasteiger partial charge in [0.25, 0.3) is 0 Å². The lowest BCUT2D eigenvalue weighted by atomic mass is 10.0. The van der Waals surface area contributed by atoms with Crippen LogP contribution in [0.3, 0.4) is 0 Å². The number of benzene rings is 3. The van der Waals surface area contributed by atoms with Gasteiger partial charge in [-0.3, -0.25) is 14.5 Å². The van der Waals surface area contributed by atoms with Gasteiger partial charge in [-0.2, -0.15) is 0 Å². The molecule has 1 unspecified atom stereocenters. The van der Waals surface area contributed by atoms with Crippen LogP contribution in [-0.2, 0) is 16.1 Å². The summed E-state index contributed by atoms with van der Waals surface area (Å²) in [6, 6.07) is 16.8. The van der Waals surface area contributed by atoms with E-state index in [0.717, 1.165) is 25.7 Å². The van der Waals surface area contributed by atoms with Crippen LogP contribution in [0.15, 0.2) is 66.7 Å². The minimum absolute atomic E-state index is 0.000955. The van der Waals surface area contributed by atoms with E-state index in [1.54, 1.807) is 24.3 Å². The summed E-state index contributed by atoms with van der Waals surface area (Å²) in [4.78, 5) is 29.6. The molecular formula is C29H30FN5O4. The van der Waals surface area contributed by atoms with E-state index in [-0.39, 0.29) is 18.5 Å². The lowest BCUT2D eigenvalue weighted by molar-refractivity contribution is -0.127. The zero-order valence-electron chi connectivity index (χ0n) is 21.8. The van der Waals surface area contributed by atoms with Crippen LogP contribution in [-0.4, -0.2) is 47.1 Å². The van der Waals surface area contributed by atoms with Gasteiger partial charge in [0, 0.05) is 17.3 Å². The van der Waals surface area contributed by atoms with E-state index >= 15 is 0 Å². The van der Waals surface area contributed by atoms with Crippen LogP contribution in [0.1, 0.15) is 37.3 Å². The van der Waals surface area contributed by atoms with Gasteiger partial charge >= 0.3 is 0 Å². The molecule has 1 aromatic heterocycles. The molecule has 0 bridgehead atoms. The summed E-state index contributed by atoms with van der Waals surface area (Å²) in [6.07, 6.45) is 3.78. The molecule has 1 N–H and O–H groups in total. The molecule has 1 saturated carbocycles. The van der Waals surface area contributed by atoms with Crippen LogP contribution in [0.4, 0.5) is 10.1 Å². The van der Waals surface area contributed by atoms with E-state index < -0.39 is 17.8 Å². The number of anilines is 1. The molecule has 0 spiro atoms. The van der Waals surface area contributed by atoms with Crippen LogP contribution in [0, 0.1) is 5.82 Å². The Balaban J connectivity index is 1.63. The Bertz CT molecular complexity index is 1470. The maximum atomic E-state index is 14.1. The third-order valence-corrected chi connectivity index (χ3v) is 7.02. The van der Waals surface area contributed by atoms with Gasteiger partial charge in [-0.05, 0) is 67.4 Å². The molecule has 5 rings (SSSR count). The van der Waals surface area contributed by atoms with Crippen molar-refractivity contribution < 1.29 is 23.5 Å². The molecule has 9 nitrogen and oxygen atoms in total. The van der Waals surface area contributed by atoms with E-state index in [1.807, 2.05) is 18.2 Å². The number of nitrogens with one attached hydrogen (secondary N) is 1. The first-order valence-electron chi connectivity index (χ1n) is 12.9. The second-order valence-electron chi connectivity index (χ2n) is 9.48. The largest absolute Gasteiger partial charge is 0.497 e. The highest BCUT2D eigenvalue weighted by molar-refractivity contribution is 6.02. The van der Waals surface area contributed by atoms with Gasteiger partial charge in [0.2, 0.25) is 11.8 Å². The molecule has 10 heteroatoms. The Hall–Kier alpha value is -4.47. The average Bonchev–Trinajstić information content (AvgIpc) is 3.62. The summed E-state index contributed by atoms with van der Waals surface area (Å²) in [5.41, 5.74) is 2.11. The minimum Gasteiger partial charge on any atom is -0.497 e. The average molecular weight is 532 g/mol. The normalized spacial score (nSPS) is 14.2. The molecule has 4 aromatic rings. The van der Waals surface area contributed by atoms with E-state index in [0.29, 0.717) is 33.8 Å². The summed E-state index contributed by atoms with van der Waals surface area (Å²) >= 11 is 0. The second kappa shape index (κ2) is 11.5. The van der Waals surface area contributed by atoms with Gasteiger partial charge in [-0.1, -0.05) is 30.2 Å². The van der Waals surface area contributed by atoms with Crippen LogP contribution < -0.4 is 19.7 Å². The van der Waals surface area contributed by atoms with Crippen LogP contribution in [0.5, 0.6) is 11.5 Å². The van der Waals surface area contributed by atoms with E-state index in [1.165, 1.54) is 48.1 Å². The Morgan fingerprint density at radius 2 is 1.79 bits per heavy atom. The number of halogens is 1. The maximum Gasteiger partial charge on any atom is 0.249 e. The Labute approximate surface area is 225 Å². The van der Waals surface area contributed by atoms with Crippen molar-refractivity contribution >= 4 is 28.5 Å². The SMILES string of the molecule is COc1ccc(OC)c(C(C(=O)NC2CCCC2)N(C(=O)Cn2nnc3ccccc32)c2ccc(F)cc2)c1. The van der Waals surface area contributed by atoms with Crippen molar-refractivity contribution in [2.75, 3.05) is 19.1 Å². The lowest BCUT2D eigenvalue weighted by Gasteiger charge is -2.33. The fourth-order valence-corrected chi connectivity index (χ4v) is 5.08. The predicted octanol–water partition coefficient (Wildman–Crippen LogP) is 4.42. The summed E-state index contributed by atoms with van der Waals surface area (Å²) in [5.74, 6) is -0.352. The summed E-state index contributed by atoms with van der Waals surface area (Å²) < 4.78 is 26.5. The summed E-state index contributed by atoms with van der Waals surface area (Å²) in [5, 5.41) is 11.4. The standard InChI is InChI=1S/C29H30FN5O4/c1-38-22-15-16-26(39-2)23(17-22)28(29(37)31-20-7-3-4-8-20)35(21-13-11-19(30)12-14-21)27(36)18-34-25-10-6-5-9-24(25)32-33-34/h5-6,9-17,20,28H,3-4,7-8,18H2,1-2H3,(H,31,37). The van der Waals surface area contributed by atoms with Gasteiger partial charge in [0.05, 0.1) is 19.7 Å². The minimum atomic E-state index is -1.14. The number of para-hydroxylation sites is 1. The molecule has 1 fully saturated rings. The molecule has 39 heavy (non-hydrogen) atoms. The number of ether oxygens (including phenoxy) is 2. The van der Waals surface area contributed by atoms with Gasteiger partial charge in [-0.15, -0.1) is 5.10 Å².